The van der Waals surface area contributed by atoms with Gasteiger partial charge in [0, 0.05) is 6.42 Å². The zero-order valence-corrected chi connectivity index (χ0v) is 12.2. The van der Waals surface area contributed by atoms with Gasteiger partial charge in [-0.1, -0.05) is 18.2 Å². The molecule has 118 valence electrons. The molecule has 0 aliphatic carbocycles. The Kier molecular flexibility index (Phi) is 4.28. The molecule has 0 heterocycles. The fourth-order valence-corrected chi connectivity index (χ4v) is 3.03. The molecule has 2 aromatic rings. The number of phenolic OH excluding ortho intramolecular Hbond substituents is 2. The summed E-state index contributed by atoms with van der Waals surface area (Å²) in [6.45, 7) is 0. The van der Waals surface area contributed by atoms with Gasteiger partial charge in [-0.05, 0) is 29.8 Å². The van der Waals surface area contributed by atoms with Crippen LogP contribution in [0.25, 0.3) is 0 Å². The van der Waals surface area contributed by atoms with E-state index in [1.807, 2.05) is 0 Å². The molecular weight excluding hydrogens is 311 g/mol. The van der Waals surface area contributed by atoms with E-state index in [2.05, 4.69) is 0 Å². The summed E-state index contributed by atoms with van der Waals surface area (Å²) in [5.74, 6) is -3.34. The van der Waals surface area contributed by atoms with Gasteiger partial charge >= 0.3 is 7.60 Å². The van der Waals surface area contributed by atoms with Crippen LogP contribution in [-0.4, -0.2) is 30.2 Å². The van der Waals surface area contributed by atoms with Gasteiger partial charge in [0.1, 0.15) is 11.5 Å². The van der Waals surface area contributed by atoms with Crippen molar-refractivity contribution in [3.8, 4) is 11.5 Å². The van der Waals surface area contributed by atoms with E-state index in [0.717, 1.165) is 12.1 Å². The molecule has 0 atom stereocenters. The number of hydrogen-bond acceptors (Lipinski definition) is 5. The van der Waals surface area contributed by atoms with Gasteiger partial charge in [-0.2, -0.15) is 0 Å². The first kappa shape index (κ1) is 16.5. The van der Waals surface area contributed by atoms with Gasteiger partial charge in [-0.25, -0.2) is 0 Å². The topological polar surface area (TPSA) is 138 Å². The third-order valence-corrected chi connectivity index (χ3v) is 4.12. The number of rotatable bonds is 4. The van der Waals surface area contributed by atoms with E-state index in [1.165, 1.54) is 30.3 Å². The van der Waals surface area contributed by atoms with Crippen LogP contribution in [0.4, 0.5) is 0 Å². The summed E-state index contributed by atoms with van der Waals surface area (Å²) in [4.78, 5) is 18.6. The maximum atomic E-state index is 11.5. The highest BCUT2D eigenvalue weighted by atomic mass is 31.2. The van der Waals surface area contributed by atoms with Crippen molar-refractivity contribution < 1.29 is 34.8 Å². The summed E-state index contributed by atoms with van der Waals surface area (Å²) in [7, 11) is -4.81. The molecular formula is C14H15O7P. The maximum absolute atomic E-state index is 11.5. The van der Waals surface area contributed by atoms with Crippen molar-refractivity contribution in [2.24, 2.45) is 0 Å². The van der Waals surface area contributed by atoms with Crippen molar-refractivity contribution in [3.05, 3.63) is 53.6 Å². The predicted molar refractivity (Wildman–Crippen MR) is 77.7 cm³/mol. The summed E-state index contributed by atoms with van der Waals surface area (Å²) in [6.07, 6.45) is -0.433. The van der Waals surface area contributed by atoms with Crippen LogP contribution in [0.2, 0.25) is 0 Å². The van der Waals surface area contributed by atoms with Crippen molar-refractivity contribution in [1.82, 2.24) is 0 Å². The normalized spacial score (nSPS) is 12.4. The van der Waals surface area contributed by atoms with Gasteiger partial charge in [-0.3, -0.25) is 4.57 Å². The summed E-state index contributed by atoms with van der Waals surface area (Å²) < 4.78 is 11.5. The van der Waals surface area contributed by atoms with E-state index in [0.29, 0.717) is 5.56 Å². The molecule has 2 rings (SSSR count). The minimum Gasteiger partial charge on any atom is -0.508 e. The number of aromatic hydroxyl groups is 2. The fraction of sp³-hybridized carbons (Fsp3) is 0.143. The molecule has 0 radical (unpaired) electrons. The summed E-state index contributed by atoms with van der Waals surface area (Å²) in [6, 6.07) is 8.84. The molecule has 0 saturated carbocycles. The van der Waals surface area contributed by atoms with Gasteiger partial charge in [0.15, 0.2) is 5.79 Å². The average molecular weight is 326 g/mol. The van der Waals surface area contributed by atoms with Crippen LogP contribution in [0.3, 0.4) is 0 Å². The molecule has 22 heavy (non-hydrogen) atoms. The van der Waals surface area contributed by atoms with Gasteiger partial charge < -0.3 is 30.2 Å². The largest absolute Gasteiger partial charge is 0.508 e. The summed E-state index contributed by atoms with van der Waals surface area (Å²) >= 11 is 0. The maximum Gasteiger partial charge on any atom is 0.356 e. The van der Waals surface area contributed by atoms with Gasteiger partial charge in [0.2, 0.25) is 0 Å². The Morgan fingerprint density at radius 1 is 0.955 bits per heavy atom. The molecule has 0 fully saturated rings. The van der Waals surface area contributed by atoms with E-state index in [4.69, 9.17) is 0 Å². The number of aliphatic hydroxyl groups is 2. The predicted octanol–water partition coefficient (Wildman–Crippen LogP) is 0.281. The molecule has 2 aromatic carbocycles. The Morgan fingerprint density at radius 2 is 1.55 bits per heavy atom. The SMILES string of the molecule is O=P(O)(O)c1cccc(O)c1C(O)(O)Cc1ccc(O)cc1. The highest BCUT2D eigenvalue weighted by Gasteiger charge is 2.37. The van der Waals surface area contributed by atoms with E-state index in [1.54, 1.807) is 0 Å². The third kappa shape index (κ3) is 3.47. The van der Waals surface area contributed by atoms with Crippen LogP contribution in [0, 0.1) is 0 Å². The first-order valence-corrected chi connectivity index (χ1v) is 7.84. The zero-order valence-electron chi connectivity index (χ0n) is 11.3. The second kappa shape index (κ2) is 5.72. The molecule has 0 spiro atoms. The Hall–Kier alpha value is -1.89. The van der Waals surface area contributed by atoms with E-state index in [-0.39, 0.29) is 5.75 Å². The molecule has 0 aliphatic rings. The number of phenols is 2. The Morgan fingerprint density at radius 3 is 2.09 bits per heavy atom. The molecule has 6 N–H and O–H groups in total. The lowest BCUT2D eigenvalue weighted by Gasteiger charge is -2.26. The van der Waals surface area contributed by atoms with E-state index >= 15 is 0 Å². The second-order valence-corrected chi connectivity index (χ2v) is 6.44. The molecule has 0 unspecified atom stereocenters. The van der Waals surface area contributed by atoms with Crippen LogP contribution in [-0.2, 0) is 16.8 Å². The second-order valence-electron chi connectivity index (χ2n) is 4.88. The molecule has 0 aliphatic heterocycles. The van der Waals surface area contributed by atoms with E-state index in [9.17, 15) is 34.8 Å². The van der Waals surface area contributed by atoms with Crippen LogP contribution < -0.4 is 5.30 Å². The van der Waals surface area contributed by atoms with Gasteiger partial charge in [-0.15, -0.1) is 0 Å². The monoisotopic (exact) mass is 326 g/mol. The highest BCUT2D eigenvalue weighted by Crippen LogP contribution is 2.41. The minimum atomic E-state index is -4.81. The average Bonchev–Trinajstić information content (AvgIpc) is 2.39. The molecule has 0 amide bonds. The standard InChI is InChI=1S/C14H15O7P/c15-10-6-4-9(5-7-10)8-14(17,18)13-11(16)2-1-3-12(13)22(19,20)21/h1-7,15-18H,8H2,(H2,19,20,21). The van der Waals surface area contributed by atoms with Crippen LogP contribution in [0.5, 0.6) is 11.5 Å². The van der Waals surface area contributed by atoms with Crippen molar-refractivity contribution in [2.75, 3.05) is 0 Å². The Labute approximate surface area is 125 Å². The number of benzene rings is 2. The first-order valence-electron chi connectivity index (χ1n) is 6.22. The molecule has 0 aromatic heterocycles. The zero-order chi connectivity index (χ0) is 16.5. The lowest BCUT2D eigenvalue weighted by Crippen LogP contribution is -2.33. The molecule has 8 heteroatoms. The smallest absolute Gasteiger partial charge is 0.356 e. The van der Waals surface area contributed by atoms with E-state index < -0.39 is 36.4 Å². The fourth-order valence-electron chi connectivity index (χ4n) is 2.17. The molecule has 7 nitrogen and oxygen atoms in total. The Bertz CT molecular complexity index is 718. The Balaban J connectivity index is 2.49. The summed E-state index contributed by atoms with van der Waals surface area (Å²) in [5, 5.41) is 38.8. The quantitative estimate of drug-likeness (QED) is 0.350. The lowest BCUT2D eigenvalue weighted by atomic mass is 9.97. The van der Waals surface area contributed by atoms with Crippen molar-refractivity contribution in [3.63, 3.8) is 0 Å². The summed E-state index contributed by atoms with van der Waals surface area (Å²) in [5.41, 5.74) is -0.251. The highest BCUT2D eigenvalue weighted by molar-refractivity contribution is 7.60. The molecule has 0 saturated heterocycles. The van der Waals surface area contributed by atoms with Crippen LogP contribution >= 0.6 is 7.60 Å². The molecule has 0 bridgehead atoms. The van der Waals surface area contributed by atoms with Crippen molar-refractivity contribution in [1.29, 1.82) is 0 Å². The van der Waals surface area contributed by atoms with Gasteiger partial charge in [0.25, 0.3) is 0 Å². The number of hydrogen-bond donors (Lipinski definition) is 6. The lowest BCUT2D eigenvalue weighted by molar-refractivity contribution is -0.168. The van der Waals surface area contributed by atoms with Crippen LogP contribution in [0.1, 0.15) is 11.1 Å². The minimum absolute atomic E-state index is 0.0105. The first-order chi connectivity index (χ1) is 10.1. The van der Waals surface area contributed by atoms with Gasteiger partial charge in [0.05, 0.1) is 10.9 Å². The van der Waals surface area contributed by atoms with Crippen molar-refractivity contribution >= 4 is 12.9 Å². The van der Waals surface area contributed by atoms with Crippen molar-refractivity contribution in [2.45, 2.75) is 12.2 Å². The third-order valence-electron chi connectivity index (χ3n) is 3.12. The van der Waals surface area contributed by atoms with Crippen LogP contribution in [0.15, 0.2) is 42.5 Å².